The second-order valence-electron chi connectivity index (χ2n) is 5.05. The summed E-state index contributed by atoms with van der Waals surface area (Å²) in [4.78, 5) is 14.2. The smallest absolute Gasteiger partial charge is 0.237 e. The molecular formula is C12H24N2O2. The average Bonchev–Trinajstić information content (AvgIpc) is 2.28. The van der Waals surface area contributed by atoms with Gasteiger partial charge in [-0.15, -0.1) is 0 Å². The van der Waals surface area contributed by atoms with Crippen LogP contribution in [0.25, 0.3) is 0 Å². The fraction of sp³-hybridized carbons (Fsp3) is 0.917. The van der Waals surface area contributed by atoms with Crippen molar-refractivity contribution < 1.29 is 9.53 Å². The van der Waals surface area contributed by atoms with Gasteiger partial charge in [-0.1, -0.05) is 6.92 Å². The van der Waals surface area contributed by atoms with Crippen LogP contribution in [-0.4, -0.2) is 48.7 Å². The van der Waals surface area contributed by atoms with Gasteiger partial charge >= 0.3 is 0 Å². The fourth-order valence-electron chi connectivity index (χ4n) is 1.66. The van der Waals surface area contributed by atoms with E-state index in [2.05, 4.69) is 31.0 Å². The molecule has 4 nitrogen and oxygen atoms in total. The Bertz CT molecular complexity index is 235. The molecule has 1 heterocycles. The number of nitrogens with one attached hydrogen (secondary N) is 1. The minimum absolute atomic E-state index is 0.0604. The first-order chi connectivity index (χ1) is 7.46. The summed E-state index contributed by atoms with van der Waals surface area (Å²) in [6, 6.07) is -0.0604. The SMILES string of the molecule is CCC(C)(C)NC(=O)C(C)N1CCOCC1. The molecule has 0 aromatic carbocycles. The summed E-state index contributed by atoms with van der Waals surface area (Å²) in [6.45, 7) is 11.3. The maximum absolute atomic E-state index is 12.0. The molecule has 1 N–H and O–H groups in total. The number of rotatable bonds is 4. The second kappa shape index (κ2) is 5.64. The summed E-state index contributed by atoms with van der Waals surface area (Å²) in [5.41, 5.74) is -0.113. The molecule has 1 fully saturated rings. The zero-order chi connectivity index (χ0) is 12.2. The van der Waals surface area contributed by atoms with Crippen molar-refractivity contribution in [2.75, 3.05) is 26.3 Å². The lowest BCUT2D eigenvalue weighted by atomic mass is 10.0. The molecule has 1 atom stereocenters. The van der Waals surface area contributed by atoms with Gasteiger partial charge < -0.3 is 10.1 Å². The molecule has 1 aliphatic rings. The number of carbonyl (C=O) groups excluding carboxylic acids is 1. The quantitative estimate of drug-likeness (QED) is 0.781. The molecule has 0 aromatic heterocycles. The van der Waals surface area contributed by atoms with Gasteiger partial charge in [-0.05, 0) is 27.2 Å². The number of nitrogens with zero attached hydrogens (tertiary/aromatic N) is 1. The van der Waals surface area contributed by atoms with Crippen LogP contribution in [0.3, 0.4) is 0 Å². The topological polar surface area (TPSA) is 41.6 Å². The Hall–Kier alpha value is -0.610. The van der Waals surface area contributed by atoms with Crippen molar-refractivity contribution in [3.05, 3.63) is 0 Å². The van der Waals surface area contributed by atoms with Crippen LogP contribution in [-0.2, 0) is 9.53 Å². The molecule has 1 aliphatic heterocycles. The molecule has 0 spiro atoms. The molecular weight excluding hydrogens is 204 g/mol. The third-order valence-electron chi connectivity index (χ3n) is 3.32. The molecule has 1 rings (SSSR count). The third kappa shape index (κ3) is 3.76. The van der Waals surface area contributed by atoms with Crippen molar-refractivity contribution in [1.82, 2.24) is 10.2 Å². The molecule has 0 aliphatic carbocycles. The van der Waals surface area contributed by atoms with E-state index in [0.29, 0.717) is 0 Å². The molecule has 0 saturated carbocycles. The first-order valence-corrected chi connectivity index (χ1v) is 6.10. The van der Waals surface area contributed by atoms with E-state index in [1.807, 2.05) is 6.92 Å². The van der Waals surface area contributed by atoms with E-state index in [9.17, 15) is 4.79 Å². The molecule has 1 unspecified atom stereocenters. The first kappa shape index (κ1) is 13.5. The normalized spacial score (nSPS) is 20.5. The number of amides is 1. The van der Waals surface area contributed by atoms with E-state index < -0.39 is 0 Å². The minimum Gasteiger partial charge on any atom is -0.379 e. The standard InChI is InChI=1S/C12H24N2O2/c1-5-12(3,4)13-11(15)10(2)14-6-8-16-9-7-14/h10H,5-9H2,1-4H3,(H,13,15). The highest BCUT2D eigenvalue weighted by Gasteiger charge is 2.26. The van der Waals surface area contributed by atoms with Crippen LogP contribution < -0.4 is 5.32 Å². The lowest BCUT2D eigenvalue weighted by Crippen LogP contribution is -2.54. The van der Waals surface area contributed by atoms with Gasteiger partial charge in [0.2, 0.25) is 5.91 Å². The predicted molar refractivity (Wildman–Crippen MR) is 64.4 cm³/mol. The predicted octanol–water partition coefficient (Wildman–Crippen LogP) is 1.01. The lowest BCUT2D eigenvalue weighted by Gasteiger charge is -2.34. The van der Waals surface area contributed by atoms with E-state index >= 15 is 0 Å². The van der Waals surface area contributed by atoms with Crippen LogP contribution in [0.1, 0.15) is 34.1 Å². The third-order valence-corrected chi connectivity index (χ3v) is 3.32. The van der Waals surface area contributed by atoms with Crippen molar-refractivity contribution in [2.24, 2.45) is 0 Å². The highest BCUT2D eigenvalue weighted by molar-refractivity contribution is 5.82. The summed E-state index contributed by atoms with van der Waals surface area (Å²) in [5.74, 6) is 0.119. The maximum atomic E-state index is 12.0. The number of carbonyl (C=O) groups is 1. The summed E-state index contributed by atoms with van der Waals surface area (Å²) in [7, 11) is 0. The molecule has 16 heavy (non-hydrogen) atoms. The van der Waals surface area contributed by atoms with Gasteiger partial charge in [0.25, 0.3) is 0 Å². The van der Waals surface area contributed by atoms with Crippen LogP contribution in [0.15, 0.2) is 0 Å². The van der Waals surface area contributed by atoms with Crippen molar-refractivity contribution in [1.29, 1.82) is 0 Å². The van der Waals surface area contributed by atoms with E-state index in [0.717, 1.165) is 32.7 Å². The van der Waals surface area contributed by atoms with Crippen molar-refractivity contribution in [3.8, 4) is 0 Å². The van der Waals surface area contributed by atoms with Crippen LogP contribution in [0.4, 0.5) is 0 Å². The van der Waals surface area contributed by atoms with Gasteiger partial charge in [-0.3, -0.25) is 9.69 Å². The van der Waals surface area contributed by atoms with E-state index in [1.54, 1.807) is 0 Å². The van der Waals surface area contributed by atoms with E-state index in [4.69, 9.17) is 4.74 Å². The van der Waals surface area contributed by atoms with Gasteiger partial charge in [0.1, 0.15) is 0 Å². The van der Waals surface area contributed by atoms with Crippen LogP contribution in [0.2, 0.25) is 0 Å². The van der Waals surface area contributed by atoms with E-state index in [1.165, 1.54) is 0 Å². The Labute approximate surface area is 98.3 Å². The fourth-order valence-corrected chi connectivity index (χ4v) is 1.66. The average molecular weight is 228 g/mol. The maximum Gasteiger partial charge on any atom is 0.237 e. The first-order valence-electron chi connectivity index (χ1n) is 6.10. The van der Waals surface area contributed by atoms with Crippen LogP contribution in [0.5, 0.6) is 0 Å². The molecule has 94 valence electrons. The summed E-state index contributed by atoms with van der Waals surface area (Å²) < 4.78 is 5.28. The van der Waals surface area contributed by atoms with Gasteiger partial charge in [-0.25, -0.2) is 0 Å². The second-order valence-corrected chi connectivity index (χ2v) is 5.05. The van der Waals surface area contributed by atoms with Gasteiger partial charge in [-0.2, -0.15) is 0 Å². The zero-order valence-electron chi connectivity index (χ0n) is 10.9. The largest absolute Gasteiger partial charge is 0.379 e. The summed E-state index contributed by atoms with van der Waals surface area (Å²) in [6.07, 6.45) is 0.939. The number of morpholine rings is 1. The molecule has 0 bridgehead atoms. The van der Waals surface area contributed by atoms with Gasteiger partial charge in [0, 0.05) is 18.6 Å². The van der Waals surface area contributed by atoms with Crippen molar-refractivity contribution in [2.45, 2.75) is 45.7 Å². The Morgan fingerprint density at radius 2 is 2.00 bits per heavy atom. The van der Waals surface area contributed by atoms with Crippen molar-refractivity contribution >= 4 is 5.91 Å². The summed E-state index contributed by atoms with van der Waals surface area (Å²) >= 11 is 0. The number of hydrogen-bond acceptors (Lipinski definition) is 3. The molecule has 4 heteroatoms. The van der Waals surface area contributed by atoms with E-state index in [-0.39, 0.29) is 17.5 Å². The van der Waals surface area contributed by atoms with Crippen molar-refractivity contribution in [3.63, 3.8) is 0 Å². The van der Waals surface area contributed by atoms with Crippen LogP contribution >= 0.6 is 0 Å². The number of ether oxygens (including phenoxy) is 1. The zero-order valence-corrected chi connectivity index (χ0v) is 10.9. The Balaban J connectivity index is 2.46. The Morgan fingerprint density at radius 3 is 2.50 bits per heavy atom. The molecule has 0 radical (unpaired) electrons. The molecule has 1 amide bonds. The highest BCUT2D eigenvalue weighted by atomic mass is 16.5. The Morgan fingerprint density at radius 1 is 1.44 bits per heavy atom. The lowest BCUT2D eigenvalue weighted by molar-refractivity contribution is -0.129. The molecule has 1 saturated heterocycles. The van der Waals surface area contributed by atoms with Gasteiger partial charge in [0.15, 0.2) is 0 Å². The minimum atomic E-state index is -0.113. The van der Waals surface area contributed by atoms with Gasteiger partial charge in [0.05, 0.1) is 19.3 Å². The molecule has 0 aromatic rings. The van der Waals surface area contributed by atoms with Crippen LogP contribution in [0, 0.1) is 0 Å². The highest BCUT2D eigenvalue weighted by Crippen LogP contribution is 2.09. The number of hydrogen-bond donors (Lipinski definition) is 1. The Kier molecular flexibility index (Phi) is 4.74. The monoisotopic (exact) mass is 228 g/mol. The summed E-state index contributed by atoms with van der Waals surface area (Å²) in [5, 5.41) is 3.08.